The number of phosphoric ester groups is 1. The summed E-state index contributed by atoms with van der Waals surface area (Å²) in [4.78, 5) is 32.5. The monoisotopic (exact) mass is 359 g/mol. The highest BCUT2D eigenvalue weighted by atomic mass is 35.5. The van der Waals surface area contributed by atoms with Crippen LogP contribution >= 0.6 is 19.4 Å². The first-order valence-electron chi connectivity index (χ1n) is 7.67. The van der Waals surface area contributed by atoms with Crippen molar-refractivity contribution >= 4 is 25.3 Å². The van der Waals surface area contributed by atoms with Gasteiger partial charge < -0.3 is 14.7 Å². The second kappa shape index (κ2) is 6.54. The Kier molecular flexibility index (Phi) is 4.81. The number of nitrogens with zero attached hydrogens (tertiary/aromatic N) is 1. The summed E-state index contributed by atoms with van der Waals surface area (Å²) in [6.07, 6.45) is 2.73. The second-order valence-corrected chi connectivity index (χ2v) is 7.69. The zero-order valence-corrected chi connectivity index (χ0v) is 14.1. The highest BCUT2D eigenvalue weighted by molar-refractivity contribution is 7.46. The molecule has 0 bridgehead atoms. The van der Waals surface area contributed by atoms with Gasteiger partial charge in [-0.15, -0.1) is 0 Å². The van der Waals surface area contributed by atoms with Gasteiger partial charge in [-0.05, 0) is 49.8 Å². The van der Waals surface area contributed by atoms with Gasteiger partial charge in [0, 0.05) is 11.1 Å². The van der Waals surface area contributed by atoms with E-state index >= 15 is 0 Å². The number of fused-ring (bicyclic) bond motifs is 1. The fraction of sp³-hybridized carbons (Fsp3) is 0.533. The summed E-state index contributed by atoms with van der Waals surface area (Å²) in [6, 6.07) is 7.39. The number of carbonyl (C=O) groups is 1. The molecular formula is C15H19ClNO5P. The molecule has 2 aliphatic rings. The number of halogens is 1. The SMILES string of the molecule is O=C1C(OP(=O)(O)O)CC[C@H]2CCC[C@@H](c3ccc(Cl)cc3)N12. The van der Waals surface area contributed by atoms with Gasteiger partial charge in [-0.3, -0.25) is 9.32 Å². The van der Waals surface area contributed by atoms with Crippen LogP contribution in [0.3, 0.4) is 0 Å². The lowest BCUT2D eigenvalue weighted by atomic mass is 9.85. The van der Waals surface area contributed by atoms with Gasteiger partial charge in [-0.25, -0.2) is 4.57 Å². The van der Waals surface area contributed by atoms with Crippen LogP contribution < -0.4 is 0 Å². The molecule has 0 aromatic heterocycles. The molecule has 1 amide bonds. The number of hydrogen-bond acceptors (Lipinski definition) is 3. The number of benzene rings is 1. The lowest BCUT2D eigenvalue weighted by Gasteiger charge is -2.47. The van der Waals surface area contributed by atoms with Gasteiger partial charge >= 0.3 is 7.82 Å². The van der Waals surface area contributed by atoms with Crippen molar-refractivity contribution < 1.29 is 23.7 Å². The molecule has 2 aliphatic heterocycles. The standard InChI is InChI=1S/C15H19ClNO5P/c16-11-6-4-10(5-7-11)13-3-1-2-12-8-9-14(15(18)17(12)13)22-23(19,20)21/h4-7,12-14H,1-3,8-9H2,(H2,19,20,21)/t12-,13+,14?/m1/s1. The summed E-state index contributed by atoms with van der Waals surface area (Å²) in [5, 5.41) is 0.633. The molecule has 6 nitrogen and oxygen atoms in total. The van der Waals surface area contributed by atoms with Crippen LogP contribution in [0.1, 0.15) is 43.7 Å². The van der Waals surface area contributed by atoms with E-state index in [2.05, 4.69) is 0 Å². The summed E-state index contributed by atoms with van der Waals surface area (Å²) < 4.78 is 15.8. The molecule has 0 spiro atoms. The Labute approximate surface area is 139 Å². The minimum absolute atomic E-state index is 0.0957. The smallest absolute Gasteiger partial charge is 0.330 e. The van der Waals surface area contributed by atoms with Crippen molar-refractivity contribution in [2.45, 2.75) is 50.3 Å². The Morgan fingerprint density at radius 3 is 2.48 bits per heavy atom. The molecule has 2 saturated heterocycles. The van der Waals surface area contributed by atoms with E-state index < -0.39 is 13.9 Å². The predicted octanol–water partition coefficient (Wildman–Crippen LogP) is 3.03. The van der Waals surface area contributed by atoms with Gasteiger partial charge in [-0.1, -0.05) is 23.7 Å². The minimum atomic E-state index is -4.68. The zero-order chi connectivity index (χ0) is 16.6. The molecule has 0 aliphatic carbocycles. The quantitative estimate of drug-likeness (QED) is 0.810. The predicted molar refractivity (Wildman–Crippen MR) is 84.8 cm³/mol. The molecule has 2 N–H and O–H groups in total. The fourth-order valence-corrected chi connectivity index (χ4v) is 4.26. The van der Waals surface area contributed by atoms with Crippen LogP contribution in [0.2, 0.25) is 5.02 Å². The van der Waals surface area contributed by atoms with E-state index in [1.165, 1.54) is 0 Å². The summed E-state index contributed by atoms with van der Waals surface area (Å²) >= 11 is 5.93. The van der Waals surface area contributed by atoms with E-state index in [0.717, 1.165) is 24.8 Å². The topological polar surface area (TPSA) is 87.1 Å². The van der Waals surface area contributed by atoms with Crippen molar-refractivity contribution in [3.8, 4) is 0 Å². The Morgan fingerprint density at radius 1 is 1.13 bits per heavy atom. The molecule has 126 valence electrons. The largest absolute Gasteiger partial charge is 0.470 e. The summed E-state index contributed by atoms with van der Waals surface area (Å²) in [6.45, 7) is 0. The molecule has 2 fully saturated rings. The lowest BCUT2D eigenvalue weighted by Crippen LogP contribution is -2.53. The van der Waals surface area contributed by atoms with Crippen molar-refractivity contribution in [2.75, 3.05) is 0 Å². The zero-order valence-electron chi connectivity index (χ0n) is 12.5. The van der Waals surface area contributed by atoms with E-state index in [9.17, 15) is 9.36 Å². The van der Waals surface area contributed by atoms with Crippen LogP contribution in [-0.4, -0.2) is 32.7 Å². The van der Waals surface area contributed by atoms with E-state index in [1.54, 1.807) is 17.0 Å². The highest BCUT2D eigenvalue weighted by Crippen LogP contribution is 2.44. The average Bonchev–Trinajstić information content (AvgIpc) is 2.49. The van der Waals surface area contributed by atoms with Crippen LogP contribution in [0.15, 0.2) is 24.3 Å². The normalized spacial score (nSPS) is 28.6. The van der Waals surface area contributed by atoms with Gasteiger partial charge in [0.1, 0.15) is 6.10 Å². The molecule has 0 radical (unpaired) electrons. The first-order chi connectivity index (χ1) is 10.8. The Bertz CT molecular complexity index is 631. The lowest BCUT2D eigenvalue weighted by molar-refractivity contribution is -0.153. The van der Waals surface area contributed by atoms with Crippen molar-refractivity contribution in [3.63, 3.8) is 0 Å². The fourth-order valence-electron chi connectivity index (χ4n) is 3.61. The molecule has 3 rings (SSSR count). The maximum atomic E-state index is 12.7. The Hall–Kier alpha value is -0.910. The molecule has 3 atom stereocenters. The number of piperidine rings is 2. The molecule has 23 heavy (non-hydrogen) atoms. The molecule has 1 aromatic rings. The van der Waals surface area contributed by atoms with Crippen molar-refractivity contribution in [1.82, 2.24) is 4.90 Å². The summed E-state index contributed by atoms with van der Waals surface area (Å²) in [5.41, 5.74) is 0.990. The Balaban J connectivity index is 1.85. The third kappa shape index (κ3) is 3.78. The third-order valence-electron chi connectivity index (χ3n) is 4.56. The van der Waals surface area contributed by atoms with Crippen molar-refractivity contribution in [2.24, 2.45) is 0 Å². The van der Waals surface area contributed by atoms with Gasteiger partial charge in [0.2, 0.25) is 0 Å². The maximum absolute atomic E-state index is 12.7. The third-order valence-corrected chi connectivity index (χ3v) is 5.34. The summed E-state index contributed by atoms with van der Waals surface area (Å²) in [5.74, 6) is -0.329. The van der Waals surface area contributed by atoms with E-state index in [1.807, 2.05) is 12.1 Å². The van der Waals surface area contributed by atoms with E-state index in [0.29, 0.717) is 17.9 Å². The molecule has 8 heteroatoms. The summed E-state index contributed by atoms with van der Waals surface area (Å²) in [7, 11) is -4.68. The van der Waals surface area contributed by atoms with Gasteiger partial charge in [0.15, 0.2) is 0 Å². The number of phosphoric acid groups is 1. The van der Waals surface area contributed by atoms with Gasteiger partial charge in [0.25, 0.3) is 5.91 Å². The van der Waals surface area contributed by atoms with Crippen molar-refractivity contribution in [3.05, 3.63) is 34.9 Å². The maximum Gasteiger partial charge on any atom is 0.470 e. The van der Waals surface area contributed by atoms with E-state index in [4.69, 9.17) is 25.9 Å². The number of amides is 1. The number of rotatable bonds is 3. The highest BCUT2D eigenvalue weighted by Gasteiger charge is 2.44. The minimum Gasteiger partial charge on any atom is -0.330 e. The molecule has 2 heterocycles. The second-order valence-electron chi connectivity index (χ2n) is 6.06. The van der Waals surface area contributed by atoms with Crippen LogP contribution in [0, 0.1) is 0 Å². The number of hydrogen-bond donors (Lipinski definition) is 2. The first-order valence-corrected chi connectivity index (χ1v) is 9.57. The van der Waals surface area contributed by atoms with E-state index in [-0.39, 0.29) is 18.0 Å². The first kappa shape index (κ1) is 16.9. The Morgan fingerprint density at radius 2 is 1.83 bits per heavy atom. The van der Waals surface area contributed by atoms with Gasteiger partial charge in [0.05, 0.1) is 6.04 Å². The molecule has 1 unspecified atom stereocenters. The van der Waals surface area contributed by atoms with Crippen LogP contribution in [0.5, 0.6) is 0 Å². The van der Waals surface area contributed by atoms with Crippen LogP contribution in [0.4, 0.5) is 0 Å². The molecule has 0 saturated carbocycles. The van der Waals surface area contributed by atoms with Crippen LogP contribution in [-0.2, 0) is 13.9 Å². The van der Waals surface area contributed by atoms with Gasteiger partial charge in [-0.2, -0.15) is 0 Å². The molecule has 1 aromatic carbocycles. The number of carbonyl (C=O) groups excluding carboxylic acids is 1. The average molecular weight is 360 g/mol. The van der Waals surface area contributed by atoms with Crippen LogP contribution in [0.25, 0.3) is 0 Å². The van der Waals surface area contributed by atoms with Crippen molar-refractivity contribution in [1.29, 1.82) is 0 Å². The molecular weight excluding hydrogens is 341 g/mol.